The number of nitrogens with one attached hydrogen (secondary N) is 1. The van der Waals surface area contributed by atoms with Crippen LogP contribution in [0.15, 0.2) is 51.9 Å². The van der Waals surface area contributed by atoms with Crippen molar-refractivity contribution in [1.29, 1.82) is 0 Å². The van der Waals surface area contributed by atoms with Crippen molar-refractivity contribution >= 4 is 33.2 Å². The third kappa shape index (κ3) is 5.02. The standard InChI is InChI=1S/C22H23ClN4O5S/c1-14-24-21(26-32-14)15-5-10-19(23)20(12-15)33(29,30)27-11-3-4-16(13-27)22(28)25-17-6-8-18(31-2)9-7-17/h5-10,12,16H,3-4,11,13H2,1-2H3,(H,25,28). The summed E-state index contributed by atoms with van der Waals surface area (Å²) in [5.41, 5.74) is 1.09. The summed E-state index contributed by atoms with van der Waals surface area (Å²) in [6.45, 7) is 2.01. The molecule has 1 atom stereocenters. The molecular weight excluding hydrogens is 468 g/mol. The van der Waals surface area contributed by atoms with Crippen LogP contribution in [0.1, 0.15) is 18.7 Å². The second-order valence-electron chi connectivity index (χ2n) is 7.70. The van der Waals surface area contributed by atoms with Gasteiger partial charge >= 0.3 is 0 Å². The van der Waals surface area contributed by atoms with Gasteiger partial charge in [-0.15, -0.1) is 0 Å². The van der Waals surface area contributed by atoms with Gasteiger partial charge in [-0.2, -0.15) is 9.29 Å². The molecule has 0 bridgehead atoms. The van der Waals surface area contributed by atoms with Crippen LogP contribution in [-0.4, -0.2) is 49.0 Å². The Labute approximate surface area is 196 Å². The lowest BCUT2D eigenvalue weighted by Gasteiger charge is -2.31. The molecular formula is C22H23ClN4O5S. The second kappa shape index (κ2) is 9.50. The van der Waals surface area contributed by atoms with Gasteiger partial charge in [0.15, 0.2) is 0 Å². The normalized spacial score (nSPS) is 17.0. The van der Waals surface area contributed by atoms with Crippen LogP contribution in [0.4, 0.5) is 5.69 Å². The molecule has 9 nitrogen and oxygen atoms in total. The molecule has 0 aliphatic carbocycles. The van der Waals surface area contributed by atoms with Gasteiger partial charge < -0.3 is 14.6 Å². The van der Waals surface area contributed by atoms with Crippen molar-refractivity contribution < 1.29 is 22.5 Å². The molecule has 3 aromatic rings. The summed E-state index contributed by atoms with van der Waals surface area (Å²) in [6, 6.07) is 11.5. The van der Waals surface area contributed by atoms with E-state index in [9.17, 15) is 13.2 Å². The van der Waals surface area contributed by atoms with E-state index in [1.165, 1.54) is 16.4 Å². The van der Waals surface area contributed by atoms with Gasteiger partial charge in [0.2, 0.25) is 27.6 Å². The number of piperidine rings is 1. The number of sulfonamides is 1. The fraction of sp³-hybridized carbons (Fsp3) is 0.318. The van der Waals surface area contributed by atoms with Crippen molar-refractivity contribution in [3.05, 3.63) is 53.4 Å². The van der Waals surface area contributed by atoms with Gasteiger partial charge in [0.25, 0.3) is 0 Å². The Morgan fingerprint density at radius 3 is 2.67 bits per heavy atom. The highest BCUT2D eigenvalue weighted by Gasteiger charge is 2.34. The van der Waals surface area contributed by atoms with E-state index in [1.807, 2.05) is 0 Å². The molecule has 1 aliphatic heterocycles. The van der Waals surface area contributed by atoms with Crippen LogP contribution in [0.25, 0.3) is 11.4 Å². The van der Waals surface area contributed by atoms with Crippen molar-refractivity contribution in [2.45, 2.75) is 24.7 Å². The zero-order valence-corrected chi connectivity index (χ0v) is 19.7. The third-order valence-electron chi connectivity index (χ3n) is 5.45. The first-order valence-electron chi connectivity index (χ1n) is 10.3. The van der Waals surface area contributed by atoms with Crippen molar-refractivity contribution in [3.8, 4) is 17.1 Å². The van der Waals surface area contributed by atoms with Gasteiger partial charge in [0.05, 0.1) is 18.1 Å². The van der Waals surface area contributed by atoms with Crippen LogP contribution in [0.5, 0.6) is 5.75 Å². The van der Waals surface area contributed by atoms with Gasteiger partial charge in [0, 0.05) is 31.3 Å². The van der Waals surface area contributed by atoms with E-state index in [0.29, 0.717) is 42.3 Å². The summed E-state index contributed by atoms with van der Waals surface area (Å²) in [5.74, 6) is 0.597. The van der Waals surface area contributed by atoms with Crippen LogP contribution in [0.2, 0.25) is 5.02 Å². The predicted octanol–water partition coefficient (Wildman–Crippen LogP) is 3.75. The van der Waals surface area contributed by atoms with Gasteiger partial charge in [-0.3, -0.25) is 4.79 Å². The number of rotatable bonds is 6. The van der Waals surface area contributed by atoms with Gasteiger partial charge in [-0.25, -0.2) is 8.42 Å². The Hall–Kier alpha value is -2.95. The van der Waals surface area contributed by atoms with Crippen molar-refractivity contribution in [1.82, 2.24) is 14.4 Å². The number of hydrogen-bond donors (Lipinski definition) is 1. The second-order valence-corrected chi connectivity index (χ2v) is 10.0. The summed E-state index contributed by atoms with van der Waals surface area (Å²) >= 11 is 6.26. The number of methoxy groups -OCH3 is 1. The van der Waals surface area contributed by atoms with Gasteiger partial charge in [0.1, 0.15) is 10.6 Å². The molecule has 1 unspecified atom stereocenters. The number of aromatic nitrogens is 2. The van der Waals surface area contributed by atoms with E-state index >= 15 is 0 Å². The molecule has 0 saturated carbocycles. The number of benzene rings is 2. The predicted molar refractivity (Wildman–Crippen MR) is 123 cm³/mol. The minimum atomic E-state index is -3.95. The first kappa shape index (κ1) is 23.2. The first-order valence-corrected chi connectivity index (χ1v) is 12.1. The molecule has 2 heterocycles. The lowest BCUT2D eigenvalue weighted by molar-refractivity contribution is -0.120. The zero-order chi connectivity index (χ0) is 23.6. The lowest BCUT2D eigenvalue weighted by atomic mass is 9.99. The first-order chi connectivity index (χ1) is 15.8. The molecule has 1 fully saturated rings. The molecule has 174 valence electrons. The minimum Gasteiger partial charge on any atom is -0.497 e. The highest BCUT2D eigenvalue weighted by Crippen LogP contribution is 2.32. The minimum absolute atomic E-state index is 0.0552. The topological polar surface area (TPSA) is 115 Å². The number of halogens is 1. The number of anilines is 1. The SMILES string of the molecule is COc1ccc(NC(=O)C2CCCN(S(=O)(=O)c3cc(-c4noc(C)n4)ccc3Cl)C2)cc1. The fourth-order valence-corrected chi connectivity index (χ4v) is 5.71. The maximum Gasteiger partial charge on any atom is 0.244 e. The number of amides is 1. The molecule has 1 amide bonds. The van der Waals surface area contributed by atoms with E-state index < -0.39 is 15.9 Å². The average molecular weight is 491 g/mol. The van der Waals surface area contributed by atoms with Crippen molar-refractivity contribution in [2.24, 2.45) is 5.92 Å². The van der Waals surface area contributed by atoms with E-state index in [2.05, 4.69) is 15.5 Å². The van der Waals surface area contributed by atoms with Crippen molar-refractivity contribution in [2.75, 3.05) is 25.5 Å². The molecule has 33 heavy (non-hydrogen) atoms. The van der Waals surface area contributed by atoms with E-state index in [1.54, 1.807) is 44.4 Å². The molecule has 1 aromatic heterocycles. The molecule has 2 aromatic carbocycles. The molecule has 1 saturated heterocycles. The van der Waals surface area contributed by atoms with Crippen LogP contribution >= 0.6 is 11.6 Å². The number of nitrogens with zero attached hydrogens (tertiary/aromatic N) is 3. The number of carbonyl (C=O) groups is 1. The van der Waals surface area contributed by atoms with E-state index in [0.717, 1.165) is 0 Å². The fourth-order valence-electron chi connectivity index (χ4n) is 3.69. The summed E-state index contributed by atoms with van der Waals surface area (Å²) in [5, 5.41) is 6.78. The van der Waals surface area contributed by atoms with Gasteiger partial charge in [-0.05, 0) is 55.3 Å². The Morgan fingerprint density at radius 2 is 2.00 bits per heavy atom. The van der Waals surface area contributed by atoms with Gasteiger partial charge in [-0.1, -0.05) is 16.8 Å². The molecule has 0 radical (unpaired) electrons. The largest absolute Gasteiger partial charge is 0.497 e. The maximum atomic E-state index is 13.4. The Bertz CT molecular complexity index is 1260. The molecule has 4 rings (SSSR count). The smallest absolute Gasteiger partial charge is 0.244 e. The summed E-state index contributed by atoms with van der Waals surface area (Å²) in [7, 11) is -2.38. The monoisotopic (exact) mass is 490 g/mol. The maximum absolute atomic E-state index is 13.4. The Kier molecular flexibility index (Phi) is 6.68. The highest BCUT2D eigenvalue weighted by molar-refractivity contribution is 7.89. The van der Waals surface area contributed by atoms with Crippen LogP contribution in [-0.2, 0) is 14.8 Å². The summed E-state index contributed by atoms with van der Waals surface area (Å²) in [4.78, 5) is 16.9. The summed E-state index contributed by atoms with van der Waals surface area (Å²) in [6.07, 6.45) is 1.14. The molecule has 11 heteroatoms. The third-order valence-corrected chi connectivity index (χ3v) is 7.79. The zero-order valence-electron chi connectivity index (χ0n) is 18.1. The molecule has 1 aliphatic rings. The molecule has 0 spiro atoms. The number of aryl methyl sites for hydroxylation is 1. The average Bonchev–Trinajstić information content (AvgIpc) is 3.26. The lowest BCUT2D eigenvalue weighted by Crippen LogP contribution is -2.43. The number of hydrogen-bond acceptors (Lipinski definition) is 7. The number of ether oxygens (including phenoxy) is 1. The van der Waals surface area contributed by atoms with Crippen LogP contribution < -0.4 is 10.1 Å². The van der Waals surface area contributed by atoms with Crippen LogP contribution in [0.3, 0.4) is 0 Å². The Balaban J connectivity index is 1.52. The quantitative estimate of drug-likeness (QED) is 0.559. The summed E-state index contributed by atoms with van der Waals surface area (Å²) < 4.78 is 38.3. The van der Waals surface area contributed by atoms with E-state index in [4.69, 9.17) is 20.9 Å². The highest BCUT2D eigenvalue weighted by atomic mass is 35.5. The Morgan fingerprint density at radius 1 is 1.24 bits per heavy atom. The van der Waals surface area contributed by atoms with E-state index in [-0.39, 0.29) is 28.2 Å². The number of carbonyl (C=O) groups excluding carboxylic acids is 1. The van der Waals surface area contributed by atoms with Crippen LogP contribution in [0, 0.1) is 12.8 Å². The molecule has 1 N–H and O–H groups in total. The van der Waals surface area contributed by atoms with Crippen molar-refractivity contribution in [3.63, 3.8) is 0 Å².